The van der Waals surface area contributed by atoms with Crippen LogP contribution in [0.15, 0.2) is 71.6 Å². The van der Waals surface area contributed by atoms with Crippen LogP contribution in [-0.4, -0.2) is 47.5 Å². The zero-order valence-corrected chi connectivity index (χ0v) is 20.5. The Morgan fingerprint density at radius 3 is 2.60 bits per heavy atom. The number of fused-ring (bicyclic) bond motifs is 1. The van der Waals surface area contributed by atoms with E-state index in [1.807, 2.05) is 36.4 Å². The summed E-state index contributed by atoms with van der Waals surface area (Å²) in [7, 11) is 0. The molecule has 0 spiro atoms. The third kappa shape index (κ3) is 5.36. The number of benzene rings is 3. The monoisotopic (exact) mass is 495 g/mol. The van der Waals surface area contributed by atoms with Crippen molar-refractivity contribution < 1.29 is 24.1 Å². The zero-order valence-electron chi connectivity index (χ0n) is 19.6. The van der Waals surface area contributed by atoms with Crippen LogP contribution in [0.5, 0.6) is 23.0 Å². The van der Waals surface area contributed by atoms with Crippen molar-refractivity contribution in [3.05, 3.63) is 77.9 Å². The first-order valence-electron chi connectivity index (χ1n) is 12.0. The van der Waals surface area contributed by atoms with E-state index in [4.69, 9.17) is 9.47 Å². The summed E-state index contributed by atoms with van der Waals surface area (Å²) in [5, 5.41) is 19.9. The minimum Gasteiger partial charge on any atom is -0.508 e. The molecule has 2 aliphatic heterocycles. The number of rotatable bonds is 7. The lowest BCUT2D eigenvalue weighted by Crippen LogP contribution is -2.35. The van der Waals surface area contributed by atoms with Gasteiger partial charge in [-0.3, -0.25) is 9.29 Å². The van der Waals surface area contributed by atoms with Crippen LogP contribution < -0.4 is 9.47 Å². The predicted octanol–water partition coefficient (Wildman–Crippen LogP) is 6.12. The second kappa shape index (κ2) is 10.4. The number of phenols is 2. The topological polar surface area (TPSA) is 62.2 Å². The van der Waals surface area contributed by atoms with E-state index in [2.05, 4.69) is 11.8 Å². The molecule has 2 heterocycles. The van der Waals surface area contributed by atoms with Gasteiger partial charge in [-0.05, 0) is 73.5 Å². The molecule has 0 bridgehead atoms. The van der Waals surface area contributed by atoms with Gasteiger partial charge in [-0.2, -0.15) is 0 Å². The van der Waals surface area contributed by atoms with Crippen LogP contribution in [-0.2, 0) is 0 Å². The van der Waals surface area contributed by atoms with E-state index < -0.39 is 0 Å². The lowest BCUT2D eigenvalue weighted by atomic mass is 10.00. The molecule has 0 saturated carbocycles. The molecule has 4 atom stereocenters. The number of thioether (sulfide) groups is 1. The number of likely N-dealkylation sites (tertiary alicyclic amines) is 1. The molecular formula is C28H30FNO4S. The normalized spacial score (nSPS) is 22.9. The first-order valence-corrected chi connectivity index (χ1v) is 12.9. The first-order chi connectivity index (χ1) is 17.0. The summed E-state index contributed by atoms with van der Waals surface area (Å²) >= 11 is 1.61. The van der Waals surface area contributed by atoms with Crippen molar-refractivity contribution in [1.82, 2.24) is 4.90 Å². The lowest BCUT2D eigenvalue weighted by Gasteiger charge is -2.34. The predicted molar refractivity (Wildman–Crippen MR) is 135 cm³/mol. The van der Waals surface area contributed by atoms with Gasteiger partial charge < -0.3 is 19.7 Å². The molecule has 1 fully saturated rings. The van der Waals surface area contributed by atoms with Crippen molar-refractivity contribution in [2.75, 3.05) is 26.4 Å². The third-order valence-electron chi connectivity index (χ3n) is 6.77. The number of phenolic OH excluding ortho intramolecular Hbond substituents is 2. The number of aromatic hydroxyl groups is 2. The van der Waals surface area contributed by atoms with Crippen LogP contribution in [0, 0.1) is 5.92 Å². The minimum absolute atomic E-state index is 0.109. The Morgan fingerprint density at radius 2 is 1.86 bits per heavy atom. The summed E-state index contributed by atoms with van der Waals surface area (Å²) in [6, 6.07) is 20.5. The van der Waals surface area contributed by atoms with Crippen LogP contribution >= 0.6 is 11.8 Å². The molecule has 5 nitrogen and oxygen atoms in total. The first kappa shape index (κ1) is 23.8. The molecule has 3 aromatic carbocycles. The maximum absolute atomic E-state index is 12.9. The summed E-state index contributed by atoms with van der Waals surface area (Å²) in [5.41, 5.74) is 1.94. The molecule has 0 aliphatic carbocycles. The summed E-state index contributed by atoms with van der Waals surface area (Å²) in [6.07, 6.45) is 0.631. The average Bonchev–Trinajstić information content (AvgIpc) is 3.36. The van der Waals surface area contributed by atoms with Gasteiger partial charge in [0.1, 0.15) is 35.7 Å². The highest BCUT2D eigenvalue weighted by molar-refractivity contribution is 7.99. The van der Waals surface area contributed by atoms with Gasteiger partial charge in [-0.15, -0.1) is 11.8 Å². The van der Waals surface area contributed by atoms with Crippen LogP contribution in [0.25, 0.3) is 0 Å². The van der Waals surface area contributed by atoms with Crippen molar-refractivity contribution in [3.8, 4) is 23.0 Å². The van der Waals surface area contributed by atoms with Crippen LogP contribution in [0.3, 0.4) is 0 Å². The van der Waals surface area contributed by atoms with E-state index in [-0.39, 0.29) is 41.5 Å². The molecule has 0 unspecified atom stereocenters. The number of hydrogen-bond acceptors (Lipinski definition) is 6. The summed E-state index contributed by atoms with van der Waals surface area (Å²) < 4.78 is 25.4. The van der Waals surface area contributed by atoms with Crippen LogP contribution in [0.4, 0.5) is 4.39 Å². The molecule has 1 saturated heterocycles. The summed E-state index contributed by atoms with van der Waals surface area (Å²) in [4.78, 5) is 3.15. The minimum atomic E-state index is -0.283. The Hall–Kier alpha value is -2.90. The third-order valence-corrected chi connectivity index (χ3v) is 8.11. The summed E-state index contributed by atoms with van der Waals surface area (Å²) in [5.74, 6) is 2.05. The highest BCUT2D eigenvalue weighted by Gasteiger charge is 2.34. The van der Waals surface area contributed by atoms with Crippen LogP contribution in [0.1, 0.15) is 35.8 Å². The molecule has 5 rings (SSSR count). The maximum atomic E-state index is 12.9. The smallest absolute Gasteiger partial charge is 0.140 e. The molecule has 3 aromatic rings. The Bertz CT molecular complexity index is 1160. The van der Waals surface area contributed by atoms with Gasteiger partial charge in [0.05, 0.1) is 16.8 Å². The van der Waals surface area contributed by atoms with E-state index in [1.54, 1.807) is 42.1 Å². The van der Waals surface area contributed by atoms with E-state index in [0.717, 1.165) is 47.0 Å². The lowest BCUT2D eigenvalue weighted by molar-refractivity contribution is 0.165. The van der Waals surface area contributed by atoms with Crippen molar-refractivity contribution in [2.45, 2.75) is 35.6 Å². The molecule has 184 valence electrons. The second-order valence-electron chi connectivity index (χ2n) is 9.34. The fourth-order valence-corrected chi connectivity index (χ4v) is 6.05. The average molecular weight is 496 g/mol. The highest BCUT2D eigenvalue weighted by Crippen LogP contribution is 2.54. The van der Waals surface area contributed by atoms with Gasteiger partial charge in [0.2, 0.25) is 0 Å². The number of nitrogens with zero attached hydrogens (tertiary/aromatic N) is 1. The van der Waals surface area contributed by atoms with E-state index in [0.29, 0.717) is 6.61 Å². The molecule has 7 heteroatoms. The number of halogens is 1. The number of hydrogen-bond donors (Lipinski definition) is 2. The molecule has 35 heavy (non-hydrogen) atoms. The fourth-order valence-electron chi connectivity index (χ4n) is 4.74. The van der Waals surface area contributed by atoms with Gasteiger partial charge in [0.25, 0.3) is 0 Å². The molecule has 0 radical (unpaired) electrons. The summed E-state index contributed by atoms with van der Waals surface area (Å²) in [6.45, 7) is 4.15. The highest BCUT2D eigenvalue weighted by atomic mass is 32.2. The largest absolute Gasteiger partial charge is 0.508 e. The Morgan fingerprint density at radius 1 is 1.06 bits per heavy atom. The Balaban J connectivity index is 1.32. The van der Waals surface area contributed by atoms with Gasteiger partial charge in [0, 0.05) is 18.5 Å². The number of ether oxygens (including phenoxy) is 2. The van der Waals surface area contributed by atoms with Gasteiger partial charge in [-0.25, -0.2) is 0 Å². The molecule has 0 aromatic heterocycles. The van der Waals surface area contributed by atoms with E-state index in [9.17, 15) is 14.6 Å². The maximum Gasteiger partial charge on any atom is 0.140 e. The van der Waals surface area contributed by atoms with Crippen LogP contribution in [0.2, 0.25) is 0 Å². The second-order valence-corrected chi connectivity index (χ2v) is 10.5. The van der Waals surface area contributed by atoms with Crippen molar-refractivity contribution in [2.24, 2.45) is 5.92 Å². The van der Waals surface area contributed by atoms with Gasteiger partial charge in [0.15, 0.2) is 0 Å². The van der Waals surface area contributed by atoms with Gasteiger partial charge in [-0.1, -0.05) is 24.3 Å². The van der Waals surface area contributed by atoms with E-state index >= 15 is 0 Å². The fraction of sp³-hybridized carbons (Fsp3) is 0.357. The quantitative estimate of drug-likeness (QED) is 0.412. The van der Waals surface area contributed by atoms with E-state index in [1.165, 1.54) is 0 Å². The van der Waals surface area contributed by atoms with Crippen molar-refractivity contribution in [1.29, 1.82) is 0 Å². The Labute approximate surface area is 209 Å². The van der Waals surface area contributed by atoms with Crippen molar-refractivity contribution >= 4 is 11.8 Å². The van der Waals surface area contributed by atoms with Gasteiger partial charge >= 0.3 is 0 Å². The molecular weight excluding hydrogens is 465 g/mol. The standard InChI is InChI=1S/C28H30FNO4S/c1-18(30-12-11-19(15-29)16-30)17-33-24-8-5-20(6-9-24)27-28(21-3-2-4-22(31)13-21)35-26-14-23(32)7-10-25(26)34-27/h2-10,13-14,18-19,27-28,31-32H,11-12,15-17H2,1H3/t18-,19-,27-,28+/m0/s1. The Kier molecular flexibility index (Phi) is 7.07. The van der Waals surface area contributed by atoms with Crippen molar-refractivity contribution in [3.63, 3.8) is 0 Å². The zero-order chi connectivity index (χ0) is 24.4. The SMILES string of the molecule is C[C@@H](COc1ccc([C@@H]2Oc3ccc(O)cc3S[C@@H]2c2cccc(O)c2)cc1)N1CC[C@@H](CF)C1. The molecule has 0 amide bonds. The number of alkyl halides is 1. The molecule has 2 aliphatic rings. The molecule has 2 N–H and O–H groups in total.